The van der Waals surface area contributed by atoms with Gasteiger partial charge < -0.3 is 5.32 Å². The van der Waals surface area contributed by atoms with E-state index in [0.717, 1.165) is 16.8 Å². The van der Waals surface area contributed by atoms with E-state index in [-0.39, 0.29) is 17.9 Å². The average molecular weight is 462 g/mol. The van der Waals surface area contributed by atoms with Gasteiger partial charge in [-0.3, -0.25) is 10.1 Å². The molecule has 1 amide bonds. The number of allylic oxidation sites excluding steroid dienone is 1. The first-order valence-electron chi connectivity index (χ1n) is 9.90. The fourth-order valence-electron chi connectivity index (χ4n) is 3.53. The fourth-order valence-corrected chi connectivity index (χ4v) is 3.85. The van der Waals surface area contributed by atoms with Crippen LogP contribution in [0.3, 0.4) is 0 Å². The third kappa shape index (κ3) is 4.10. The molecule has 0 saturated heterocycles. The van der Waals surface area contributed by atoms with E-state index in [1.54, 1.807) is 28.9 Å². The highest BCUT2D eigenvalue weighted by Gasteiger charge is 2.26. The summed E-state index contributed by atoms with van der Waals surface area (Å²) in [5, 5.41) is 11.8. The minimum atomic E-state index is -0.338. The van der Waals surface area contributed by atoms with Gasteiger partial charge in [0, 0.05) is 21.3 Å². The van der Waals surface area contributed by atoms with E-state index in [1.165, 1.54) is 0 Å². The largest absolute Gasteiger partial charge is 0.324 e. The fraction of sp³-hybridized carbons (Fsp3) is 0.0417. The second-order valence-corrected chi connectivity index (χ2v) is 8.11. The van der Waals surface area contributed by atoms with Crippen molar-refractivity contribution in [2.75, 3.05) is 10.6 Å². The average Bonchev–Trinajstić information content (AvgIpc) is 3.22. The Morgan fingerprint density at radius 3 is 2.47 bits per heavy atom. The van der Waals surface area contributed by atoms with Gasteiger partial charge in [-0.15, -0.1) is 5.10 Å². The molecular weight excluding hydrogens is 445 g/mol. The first-order chi connectivity index (χ1) is 15.6. The molecule has 8 heteroatoms. The molecule has 1 aliphatic heterocycles. The number of anilines is 2. The number of carbonyl (C=O) groups excluding carboxylic acids is 1. The van der Waals surface area contributed by atoms with Crippen molar-refractivity contribution in [3.05, 3.63) is 112 Å². The summed E-state index contributed by atoms with van der Waals surface area (Å²) in [6.45, 7) is 0. The van der Waals surface area contributed by atoms with Crippen molar-refractivity contribution in [3.8, 4) is 0 Å². The Morgan fingerprint density at radius 2 is 1.72 bits per heavy atom. The van der Waals surface area contributed by atoms with Crippen LogP contribution in [0.1, 0.15) is 27.5 Å². The van der Waals surface area contributed by atoms with Crippen LogP contribution in [0.15, 0.2) is 84.9 Å². The summed E-state index contributed by atoms with van der Waals surface area (Å²) in [6.07, 6.45) is 2.07. The van der Waals surface area contributed by atoms with Crippen molar-refractivity contribution in [3.63, 3.8) is 0 Å². The smallest absolute Gasteiger partial charge is 0.258 e. The Morgan fingerprint density at radius 1 is 0.938 bits per heavy atom. The molecule has 158 valence electrons. The topological polar surface area (TPSA) is 71.8 Å². The van der Waals surface area contributed by atoms with Crippen LogP contribution in [0, 0.1) is 0 Å². The molecular formula is C24H17Cl2N5O. The number of carbonyl (C=O) groups is 1. The lowest BCUT2D eigenvalue weighted by atomic mass is 10.0. The Balaban J connectivity index is 1.51. The molecule has 32 heavy (non-hydrogen) atoms. The molecule has 1 aromatic heterocycles. The summed E-state index contributed by atoms with van der Waals surface area (Å²) in [6, 6.07) is 24.0. The molecule has 0 unspecified atom stereocenters. The first kappa shape index (κ1) is 20.3. The maximum absolute atomic E-state index is 12.6. The summed E-state index contributed by atoms with van der Waals surface area (Å²) in [5.41, 5.74) is 3.34. The van der Waals surface area contributed by atoms with Crippen molar-refractivity contribution >= 4 is 46.7 Å². The van der Waals surface area contributed by atoms with Gasteiger partial charge in [0.15, 0.2) is 0 Å². The highest BCUT2D eigenvalue weighted by atomic mass is 35.5. The first-order valence-corrected chi connectivity index (χ1v) is 10.7. The van der Waals surface area contributed by atoms with Crippen molar-refractivity contribution in [2.24, 2.45) is 0 Å². The number of rotatable bonds is 4. The second-order valence-electron chi connectivity index (χ2n) is 7.24. The molecule has 0 bridgehead atoms. The van der Waals surface area contributed by atoms with Crippen LogP contribution in [0.2, 0.25) is 10.0 Å². The van der Waals surface area contributed by atoms with Crippen LogP contribution in [0.5, 0.6) is 0 Å². The monoisotopic (exact) mass is 461 g/mol. The molecule has 3 aromatic carbocycles. The van der Waals surface area contributed by atoms with Crippen LogP contribution in [-0.4, -0.2) is 20.7 Å². The zero-order chi connectivity index (χ0) is 22.1. The van der Waals surface area contributed by atoms with E-state index in [9.17, 15) is 4.79 Å². The molecule has 2 heterocycles. The number of benzene rings is 3. The van der Waals surface area contributed by atoms with Crippen molar-refractivity contribution in [1.82, 2.24) is 14.8 Å². The molecule has 0 fully saturated rings. The second kappa shape index (κ2) is 8.49. The van der Waals surface area contributed by atoms with Gasteiger partial charge in [-0.05, 0) is 47.5 Å². The highest BCUT2D eigenvalue weighted by molar-refractivity contribution is 6.31. The van der Waals surface area contributed by atoms with E-state index in [0.29, 0.717) is 21.6 Å². The number of hydrogen-bond donors (Lipinski definition) is 2. The molecule has 0 saturated carbocycles. The Kier molecular flexibility index (Phi) is 5.39. The van der Waals surface area contributed by atoms with Crippen molar-refractivity contribution < 1.29 is 4.79 Å². The summed E-state index contributed by atoms with van der Waals surface area (Å²) in [5.74, 6) is 0.376. The van der Waals surface area contributed by atoms with Crippen LogP contribution in [0.25, 0.3) is 5.70 Å². The predicted octanol–water partition coefficient (Wildman–Crippen LogP) is 5.89. The normalized spacial score (nSPS) is 14.8. The summed E-state index contributed by atoms with van der Waals surface area (Å²) in [7, 11) is 0. The molecule has 1 atom stereocenters. The van der Waals surface area contributed by atoms with Crippen molar-refractivity contribution in [1.29, 1.82) is 0 Å². The van der Waals surface area contributed by atoms with Gasteiger partial charge in [0.25, 0.3) is 11.9 Å². The zero-order valence-corrected chi connectivity index (χ0v) is 18.2. The number of hydrogen-bond acceptors (Lipinski definition) is 4. The van der Waals surface area contributed by atoms with Crippen molar-refractivity contribution in [2.45, 2.75) is 6.04 Å². The highest BCUT2D eigenvalue weighted by Crippen LogP contribution is 2.33. The lowest BCUT2D eigenvalue weighted by Crippen LogP contribution is -2.20. The van der Waals surface area contributed by atoms with Gasteiger partial charge in [0.2, 0.25) is 5.95 Å². The quantitative estimate of drug-likeness (QED) is 0.397. The summed E-state index contributed by atoms with van der Waals surface area (Å²) in [4.78, 5) is 17.2. The number of fused-ring (bicyclic) bond motifs is 1. The van der Waals surface area contributed by atoms with Crippen LogP contribution >= 0.6 is 23.2 Å². The molecule has 5 rings (SSSR count). The van der Waals surface area contributed by atoms with Gasteiger partial charge in [0.1, 0.15) is 6.04 Å². The minimum Gasteiger partial charge on any atom is -0.324 e. The van der Waals surface area contributed by atoms with Gasteiger partial charge in [-0.2, -0.15) is 4.98 Å². The van der Waals surface area contributed by atoms with E-state index >= 15 is 0 Å². The molecule has 2 N–H and O–H groups in total. The standard InChI is InChI=1S/C24H17Cl2N5O/c25-18-11-9-16(10-12-18)21-14-20(15-5-2-1-3-6-15)27-24-29-23(30-31(21)24)28-22(32)17-7-4-8-19(26)13-17/h1-14,21H,(H2,27,28,29,30,32)/t21-/m1/s1. The third-order valence-electron chi connectivity index (χ3n) is 5.07. The van der Waals surface area contributed by atoms with Gasteiger partial charge in [-0.1, -0.05) is 71.7 Å². The lowest BCUT2D eigenvalue weighted by Gasteiger charge is -2.24. The molecule has 6 nitrogen and oxygen atoms in total. The minimum absolute atomic E-state index is 0.194. The van der Waals surface area contributed by atoms with E-state index in [2.05, 4.69) is 26.8 Å². The number of halogens is 2. The zero-order valence-electron chi connectivity index (χ0n) is 16.7. The third-order valence-corrected chi connectivity index (χ3v) is 5.56. The molecule has 1 aliphatic rings. The SMILES string of the molecule is O=C(Nc1nc2n(n1)[C@@H](c1ccc(Cl)cc1)C=C(c1ccccc1)N2)c1cccc(Cl)c1. The van der Waals surface area contributed by atoms with Crippen LogP contribution < -0.4 is 10.6 Å². The maximum atomic E-state index is 12.6. The van der Waals surface area contributed by atoms with Gasteiger partial charge in [-0.25, -0.2) is 4.68 Å². The predicted molar refractivity (Wildman–Crippen MR) is 127 cm³/mol. The summed E-state index contributed by atoms with van der Waals surface area (Å²) >= 11 is 12.1. The molecule has 4 aromatic rings. The van der Waals surface area contributed by atoms with Crippen LogP contribution in [-0.2, 0) is 0 Å². The van der Waals surface area contributed by atoms with Gasteiger partial charge in [0.05, 0.1) is 0 Å². The Bertz CT molecular complexity index is 1320. The Labute approximate surface area is 194 Å². The lowest BCUT2D eigenvalue weighted by molar-refractivity contribution is 0.102. The van der Waals surface area contributed by atoms with E-state index in [4.69, 9.17) is 23.2 Å². The Hall–Kier alpha value is -3.61. The number of nitrogens with zero attached hydrogens (tertiary/aromatic N) is 3. The molecule has 0 aliphatic carbocycles. The molecule has 0 spiro atoms. The van der Waals surface area contributed by atoms with E-state index < -0.39 is 0 Å². The summed E-state index contributed by atoms with van der Waals surface area (Å²) < 4.78 is 1.74. The molecule has 0 radical (unpaired) electrons. The van der Waals surface area contributed by atoms with E-state index in [1.807, 2.05) is 54.6 Å². The number of amides is 1. The maximum Gasteiger partial charge on any atom is 0.258 e. The van der Waals surface area contributed by atoms with Crippen LogP contribution in [0.4, 0.5) is 11.9 Å². The number of nitrogens with one attached hydrogen (secondary N) is 2. The number of aromatic nitrogens is 3. The van der Waals surface area contributed by atoms with Gasteiger partial charge >= 0.3 is 0 Å².